The molecule has 186 valence electrons. The van der Waals surface area contributed by atoms with Gasteiger partial charge in [-0.05, 0) is 55.5 Å². The van der Waals surface area contributed by atoms with E-state index >= 15 is 0 Å². The minimum atomic E-state index is -0.445. The summed E-state index contributed by atoms with van der Waals surface area (Å²) < 4.78 is 18.5. The van der Waals surface area contributed by atoms with Crippen molar-refractivity contribution in [2.24, 2.45) is 22.6 Å². The minimum absolute atomic E-state index is 0.118. The normalized spacial score (nSPS) is 14.1. The predicted octanol–water partition coefficient (Wildman–Crippen LogP) is 2.45. The quantitative estimate of drug-likeness (QED) is 0.209. The van der Waals surface area contributed by atoms with Crippen LogP contribution in [-0.2, 0) is 6.54 Å². The monoisotopic (exact) mass is 474 g/mol. The van der Waals surface area contributed by atoms with Gasteiger partial charge < -0.3 is 20.9 Å². The van der Waals surface area contributed by atoms with Crippen molar-refractivity contribution >= 4 is 11.7 Å². The number of benzene rings is 1. The van der Waals surface area contributed by atoms with Crippen molar-refractivity contribution in [2.75, 3.05) is 20.8 Å². The number of hydrogen-bond acceptors (Lipinski definition) is 7. The largest absolute Gasteiger partial charge is 0.497 e. The number of halogens is 1. The molecule has 1 fully saturated rings. The molecule has 0 bridgehead atoms. The molecule has 9 nitrogen and oxygen atoms in total. The number of aryl methyl sites for hydroxylation is 1. The van der Waals surface area contributed by atoms with Crippen LogP contribution in [0.15, 0.2) is 35.4 Å². The molecule has 0 spiro atoms. The standard InChI is InChI=1S/C17H21FN6O2.C7H14O/c1-10-4-12(16(19)23-24(2)20)7-15(22-10)17(25)21-9-11-5-13(18)8-14(6-11)26-3;8-6-7-4-2-1-3-5-7/h4-8H,9,20H2,1-3H3,(H2,19,23)(H,21,25);7-8H,1-6H2. The molecule has 0 aliphatic heterocycles. The van der Waals surface area contributed by atoms with Gasteiger partial charge in [0.2, 0.25) is 0 Å². The van der Waals surface area contributed by atoms with E-state index in [1.54, 1.807) is 19.1 Å². The van der Waals surface area contributed by atoms with Gasteiger partial charge in [0.25, 0.3) is 5.91 Å². The van der Waals surface area contributed by atoms with E-state index in [0.29, 0.717) is 35.1 Å². The van der Waals surface area contributed by atoms with Gasteiger partial charge in [-0.3, -0.25) is 4.79 Å². The Labute approximate surface area is 200 Å². The van der Waals surface area contributed by atoms with Crippen LogP contribution in [0.25, 0.3) is 0 Å². The molecule has 1 heterocycles. The molecular formula is C24H35FN6O3. The van der Waals surface area contributed by atoms with Gasteiger partial charge in [0, 0.05) is 37.5 Å². The molecule has 2 aromatic rings. The highest BCUT2D eigenvalue weighted by Gasteiger charge is 2.12. The van der Waals surface area contributed by atoms with Gasteiger partial charge in [0.1, 0.15) is 17.3 Å². The highest BCUT2D eigenvalue weighted by molar-refractivity contribution is 6.00. The van der Waals surface area contributed by atoms with E-state index in [9.17, 15) is 9.18 Å². The van der Waals surface area contributed by atoms with Crippen LogP contribution < -0.4 is 21.6 Å². The number of carbonyl (C=O) groups is 1. The summed E-state index contributed by atoms with van der Waals surface area (Å²) >= 11 is 0. The van der Waals surface area contributed by atoms with Crippen LogP contribution >= 0.6 is 0 Å². The second kappa shape index (κ2) is 13.5. The summed E-state index contributed by atoms with van der Waals surface area (Å²) in [6.07, 6.45) is 6.58. The smallest absolute Gasteiger partial charge is 0.270 e. The van der Waals surface area contributed by atoms with E-state index in [0.717, 1.165) is 5.12 Å². The molecule has 1 aliphatic carbocycles. The summed E-state index contributed by atoms with van der Waals surface area (Å²) in [5.74, 6) is 5.75. The number of nitrogens with two attached hydrogens (primary N) is 2. The van der Waals surface area contributed by atoms with E-state index < -0.39 is 11.7 Å². The van der Waals surface area contributed by atoms with Crippen LogP contribution in [0.5, 0.6) is 5.75 Å². The van der Waals surface area contributed by atoms with E-state index in [1.807, 2.05) is 0 Å². The number of aliphatic hydroxyl groups is 1. The Hall–Kier alpha value is -3.24. The van der Waals surface area contributed by atoms with E-state index in [-0.39, 0.29) is 18.1 Å². The third-order valence-electron chi connectivity index (χ3n) is 5.35. The topological polar surface area (TPSA) is 139 Å². The molecule has 1 aromatic heterocycles. The number of hydrazone groups is 1. The molecule has 3 rings (SSSR count). The number of rotatable bonds is 7. The molecule has 0 radical (unpaired) electrons. The lowest BCUT2D eigenvalue weighted by Crippen LogP contribution is -2.27. The fourth-order valence-corrected chi connectivity index (χ4v) is 3.64. The lowest BCUT2D eigenvalue weighted by molar-refractivity contribution is 0.0945. The second-order valence-corrected chi connectivity index (χ2v) is 8.31. The van der Waals surface area contributed by atoms with Crippen LogP contribution in [0.4, 0.5) is 4.39 Å². The van der Waals surface area contributed by atoms with Crippen molar-refractivity contribution in [1.82, 2.24) is 15.4 Å². The first-order valence-corrected chi connectivity index (χ1v) is 11.3. The van der Waals surface area contributed by atoms with E-state index in [2.05, 4.69) is 15.4 Å². The first-order valence-electron chi connectivity index (χ1n) is 11.3. The number of aromatic nitrogens is 1. The summed E-state index contributed by atoms with van der Waals surface area (Å²) in [4.78, 5) is 16.6. The number of ether oxygens (including phenoxy) is 1. The zero-order valence-corrected chi connectivity index (χ0v) is 20.1. The number of aliphatic hydroxyl groups excluding tert-OH is 1. The highest BCUT2D eigenvalue weighted by atomic mass is 19.1. The lowest BCUT2D eigenvalue weighted by atomic mass is 9.90. The minimum Gasteiger partial charge on any atom is -0.497 e. The van der Waals surface area contributed by atoms with Crippen LogP contribution in [0.2, 0.25) is 0 Å². The summed E-state index contributed by atoms with van der Waals surface area (Å²) in [5.41, 5.74) is 7.71. The number of carbonyl (C=O) groups excluding carboxylic acids is 1. The Morgan fingerprint density at radius 1 is 1.26 bits per heavy atom. The maximum atomic E-state index is 13.5. The van der Waals surface area contributed by atoms with Crippen molar-refractivity contribution in [3.8, 4) is 5.75 Å². The average Bonchev–Trinajstić information content (AvgIpc) is 2.82. The molecule has 34 heavy (non-hydrogen) atoms. The Kier molecular flexibility index (Phi) is 10.7. The van der Waals surface area contributed by atoms with Gasteiger partial charge in [-0.15, -0.1) is 5.10 Å². The lowest BCUT2D eigenvalue weighted by Gasteiger charge is -2.18. The van der Waals surface area contributed by atoms with Crippen molar-refractivity contribution in [2.45, 2.75) is 45.6 Å². The first-order chi connectivity index (χ1) is 16.2. The molecule has 1 aromatic carbocycles. The predicted molar refractivity (Wildman–Crippen MR) is 129 cm³/mol. The van der Waals surface area contributed by atoms with Crippen LogP contribution in [0.1, 0.15) is 59.4 Å². The highest BCUT2D eigenvalue weighted by Crippen LogP contribution is 2.22. The fraction of sp³-hybridized carbons (Fsp3) is 0.458. The Morgan fingerprint density at radius 3 is 2.56 bits per heavy atom. The van der Waals surface area contributed by atoms with Crippen LogP contribution in [0.3, 0.4) is 0 Å². The van der Waals surface area contributed by atoms with Crippen molar-refractivity contribution in [3.05, 3.63) is 58.7 Å². The third kappa shape index (κ3) is 8.95. The van der Waals surface area contributed by atoms with Gasteiger partial charge in [0.05, 0.1) is 7.11 Å². The van der Waals surface area contributed by atoms with Crippen molar-refractivity contribution in [3.63, 3.8) is 0 Å². The number of amidine groups is 1. The van der Waals surface area contributed by atoms with Gasteiger partial charge >= 0.3 is 0 Å². The number of nitrogens with zero attached hydrogens (tertiary/aromatic N) is 3. The molecule has 0 saturated heterocycles. The molecule has 1 amide bonds. The molecule has 10 heteroatoms. The van der Waals surface area contributed by atoms with E-state index in [4.69, 9.17) is 21.4 Å². The van der Waals surface area contributed by atoms with Crippen LogP contribution in [-0.4, -0.2) is 47.7 Å². The maximum Gasteiger partial charge on any atom is 0.270 e. The molecule has 1 saturated carbocycles. The van der Waals surface area contributed by atoms with Gasteiger partial charge in [-0.1, -0.05) is 19.3 Å². The summed E-state index contributed by atoms with van der Waals surface area (Å²) in [5, 5.41) is 16.4. The van der Waals surface area contributed by atoms with Gasteiger partial charge in [0.15, 0.2) is 5.84 Å². The molecule has 0 unspecified atom stereocenters. The zero-order chi connectivity index (χ0) is 25.1. The van der Waals surface area contributed by atoms with Gasteiger partial charge in [-0.25, -0.2) is 20.3 Å². The van der Waals surface area contributed by atoms with Gasteiger partial charge in [-0.2, -0.15) is 0 Å². The van der Waals surface area contributed by atoms with Crippen LogP contribution in [0, 0.1) is 18.7 Å². The third-order valence-corrected chi connectivity index (χ3v) is 5.35. The number of nitrogens with one attached hydrogen (secondary N) is 1. The zero-order valence-electron chi connectivity index (χ0n) is 20.1. The number of pyridine rings is 1. The Bertz CT molecular complexity index is 977. The number of hydrogen-bond donors (Lipinski definition) is 4. The number of hydrazine groups is 1. The maximum absolute atomic E-state index is 13.5. The number of methoxy groups -OCH3 is 1. The second-order valence-electron chi connectivity index (χ2n) is 8.31. The first kappa shape index (κ1) is 27.0. The average molecular weight is 475 g/mol. The Morgan fingerprint density at radius 2 is 1.97 bits per heavy atom. The fourth-order valence-electron chi connectivity index (χ4n) is 3.64. The summed E-state index contributed by atoms with van der Waals surface area (Å²) in [6, 6.07) is 7.42. The van der Waals surface area contributed by atoms with Crippen molar-refractivity contribution in [1.29, 1.82) is 0 Å². The summed E-state index contributed by atoms with van der Waals surface area (Å²) in [7, 11) is 2.97. The molecule has 0 atom stereocenters. The van der Waals surface area contributed by atoms with E-state index in [1.165, 1.54) is 64.5 Å². The molecular weight excluding hydrogens is 439 g/mol. The SMILES string of the molecule is COc1cc(F)cc(CNC(=O)c2cc(/C(N)=N/N(C)N)cc(C)n2)c1.OCC1CCCCC1. The summed E-state index contributed by atoms with van der Waals surface area (Å²) in [6.45, 7) is 2.27. The Balaban J connectivity index is 0.000000430. The number of amides is 1. The molecule has 6 N–H and O–H groups in total. The van der Waals surface area contributed by atoms with Crippen molar-refractivity contribution < 1.29 is 19.0 Å². The molecule has 1 aliphatic rings.